The van der Waals surface area contributed by atoms with E-state index in [-0.39, 0.29) is 24.1 Å². The van der Waals surface area contributed by atoms with Crippen LogP contribution in [0.15, 0.2) is 5.16 Å². The van der Waals surface area contributed by atoms with E-state index >= 15 is 0 Å². The quantitative estimate of drug-likeness (QED) is 0.168. The zero-order valence-corrected chi connectivity index (χ0v) is 19.9. The van der Waals surface area contributed by atoms with Crippen molar-refractivity contribution < 1.29 is 24.4 Å². The number of aliphatic hydroxyl groups excluding tert-OH is 1. The predicted octanol–water partition coefficient (Wildman–Crippen LogP) is 3.24. The van der Waals surface area contributed by atoms with Gasteiger partial charge in [0.15, 0.2) is 21.9 Å². The molecule has 3 atom stereocenters. The van der Waals surface area contributed by atoms with Gasteiger partial charge in [0.25, 0.3) is 0 Å². The molecule has 0 aliphatic heterocycles. The van der Waals surface area contributed by atoms with Gasteiger partial charge in [-0.25, -0.2) is 14.4 Å². The number of nitrogens with two attached hydrogens (primary N) is 1. The lowest BCUT2D eigenvalue weighted by atomic mass is 10.2. The Labute approximate surface area is 187 Å². The van der Waals surface area contributed by atoms with Crippen molar-refractivity contribution in [3.05, 3.63) is 5.15 Å². The molecular weight excluding hydrogens is 435 g/mol. The highest BCUT2D eigenvalue weighted by Gasteiger charge is 2.37. The van der Waals surface area contributed by atoms with Gasteiger partial charge in [0, 0.05) is 5.75 Å². The molecule has 1 aliphatic rings. The molecule has 1 aliphatic carbocycles. The average molecular weight is 471 g/mol. The fraction of sp³-hybridized carbons (Fsp3) is 0.789. The van der Waals surface area contributed by atoms with Crippen molar-refractivity contribution in [2.75, 3.05) is 30.0 Å². The summed E-state index contributed by atoms with van der Waals surface area (Å²) in [5.41, 5.74) is 6.12. The van der Waals surface area contributed by atoms with Gasteiger partial charge in [-0.1, -0.05) is 44.1 Å². The molecule has 0 spiro atoms. The Bertz CT molecular complexity index is 605. The minimum atomic E-state index is -1.50. The lowest BCUT2D eigenvalue weighted by Crippen LogP contribution is -2.33. The smallest absolute Gasteiger partial charge is 0.191 e. The Morgan fingerprint density at radius 1 is 1.30 bits per heavy atom. The van der Waals surface area contributed by atoms with E-state index in [0.717, 1.165) is 12.2 Å². The summed E-state index contributed by atoms with van der Waals surface area (Å²) in [5, 5.41) is 28.6. The molecule has 1 heterocycles. The number of nitrogens with zero attached hydrogens (tertiary/aromatic N) is 2. The number of ether oxygens (including phenoxy) is 1. The van der Waals surface area contributed by atoms with Crippen molar-refractivity contribution in [3.8, 4) is 0 Å². The molecule has 0 unspecified atom stereocenters. The number of thioether (sulfide) groups is 1. The van der Waals surface area contributed by atoms with Crippen LogP contribution in [-0.4, -0.2) is 68.4 Å². The molecule has 176 valence electrons. The second-order valence-corrected chi connectivity index (χ2v) is 8.23. The SMILES string of the molecule is CC.CC(C)(O)O.CCCSc1nc(Cl)c(N)c(N[C@H]2CC[C@@H](OCCO)[C@H]2F)n1. The Hall–Kier alpha value is -0.910. The molecule has 1 aromatic heterocycles. The molecule has 1 saturated carbocycles. The molecule has 1 fully saturated rings. The van der Waals surface area contributed by atoms with Crippen LogP contribution in [0.4, 0.5) is 15.9 Å². The second-order valence-electron chi connectivity index (χ2n) is 6.81. The molecule has 0 amide bonds. The zero-order chi connectivity index (χ0) is 23.3. The average Bonchev–Trinajstić information content (AvgIpc) is 3.02. The maximum atomic E-state index is 14.4. The van der Waals surface area contributed by atoms with Gasteiger partial charge in [0.1, 0.15) is 11.9 Å². The molecule has 0 radical (unpaired) electrons. The van der Waals surface area contributed by atoms with Crippen LogP contribution in [0.3, 0.4) is 0 Å². The number of alkyl halides is 1. The minimum absolute atomic E-state index is 0.117. The number of aliphatic hydroxyl groups is 3. The summed E-state index contributed by atoms with van der Waals surface area (Å²) in [6, 6.07) is -0.448. The number of rotatable bonds is 8. The monoisotopic (exact) mass is 470 g/mol. The summed E-state index contributed by atoms with van der Waals surface area (Å²) in [6.45, 7) is 8.68. The molecule has 0 saturated heterocycles. The first kappa shape index (κ1) is 29.1. The van der Waals surface area contributed by atoms with E-state index in [9.17, 15) is 4.39 Å². The van der Waals surface area contributed by atoms with Crippen molar-refractivity contribution in [2.45, 2.75) is 83.1 Å². The maximum absolute atomic E-state index is 14.4. The summed E-state index contributed by atoms with van der Waals surface area (Å²) < 4.78 is 19.7. The van der Waals surface area contributed by atoms with E-state index in [0.29, 0.717) is 23.8 Å². The Morgan fingerprint density at radius 3 is 2.43 bits per heavy atom. The number of halogens is 2. The summed E-state index contributed by atoms with van der Waals surface area (Å²) >= 11 is 7.52. The topological polar surface area (TPSA) is 134 Å². The van der Waals surface area contributed by atoms with Crippen LogP contribution < -0.4 is 11.1 Å². The van der Waals surface area contributed by atoms with E-state index < -0.39 is 24.1 Å². The van der Waals surface area contributed by atoms with Gasteiger partial charge in [-0.2, -0.15) is 0 Å². The van der Waals surface area contributed by atoms with Crippen LogP contribution in [-0.2, 0) is 4.74 Å². The molecule has 6 N–H and O–H groups in total. The third-order valence-corrected chi connectivity index (χ3v) is 4.90. The third kappa shape index (κ3) is 11.5. The lowest BCUT2D eigenvalue weighted by Gasteiger charge is -2.20. The third-order valence-electron chi connectivity index (χ3n) is 3.56. The summed E-state index contributed by atoms with van der Waals surface area (Å²) in [4.78, 5) is 8.47. The normalized spacial score (nSPS) is 20.7. The number of anilines is 2. The first-order valence-corrected chi connectivity index (χ1v) is 11.5. The number of nitrogen functional groups attached to an aromatic ring is 1. The van der Waals surface area contributed by atoms with Crippen LogP contribution in [0.2, 0.25) is 5.15 Å². The predicted molar refractivity (Wildman–Crippen MR) is 121 cm³/mol. The first-order valence-electron chi connectivity index (χ1n) is 10.1. The van der Waals surface area contributed by atoms with E-state index in [2.05, 4.69) is 22.2 Å². The van der Waals surface area contributed by atoms with Crippen molar-refractivity contribution >= 4 is 34.9 Å². The largest absolute Gasteiger partial charge is 0.394 e. The Balaban J connectivity index is 0.00000105. The van der Waals surface area contributed by atoms with E-state index in [1.165, 1.54) is 25.6 Å². The van der Waals surface area contributed by atoms with Crippen molar-refractivity contribution in [1.29, 1.82) is 0 Å². The molecule has 1 aromatic rings. The summed E-state index contributed by atoms with van der Waals surface area (Å²) in [6.07, 6.45) is 0.441. The van der Waals surface area contributed by atoms with Gasteiger partial charge >= 0.3 is 0 Å². The van der Waals surface area contributed by atoms with Crippen molar-refractivity contribution in [3.63, 3.8) is 0 Å². The highest BCUT2D eigenvalue weighted by atomic mass is 35.5. The molecule has 11 heteroatoms. The fourth-order valence-corrected chi connectivity index (χ4v) is 3.34. The maximum Gasteiger partial charge on any atom is 0.191 e. The Morgan fingerprint density at radius 2 is 1.90 bits per heavy atom. The van der Waals surface area contributed by atoms with Crippen LogP contribution in [0.1, 0.15) is 53.9 Å². The summed E-state index contributed by atoms with van der Waals surface area (Å²) in [7, 11) is 0. The van der Waals surface area contributed by atoms with E-state index in [4.69, 9.17) is 37.4 Å². The highest BCUT2D eigenvalue weighted by molar-refractivity contribution is 7.99. The molecule has 2 rings (SSSR count). The molecule has 0 bridgehead atoms. The van der Waals surface area contributed by atoms with Crippen LogP contribution in [0.5, 0.6) is 0 Å². The molecule has 30 heavy (non-hydrogen) atoms. The lowest BCUT2D eigenvalue weighted by molar-refractivity contribution is -0.127. The fourth-order valence-electron chi connectivity index (χ4n) is 2.42. The van der Waals surface area contributed by atoms with E-state index in [1.807, 2.05) is 13.8 Å². The molecular formula is C19H36ClFN4O4S. The van der Waals surface area contributed by atoms with Gasteiger partial charge in [-0.05, 0) is 33.1 Å². The molecule has 8 nitrogen and oxygen atoms in total. The number of hydrogen-bond acceptors (Lipinski definition) is 9. The number of hydrogen-bond donors (Lipinski definition) is 5. The number of nitrogens with one attached hydrogen (secondary N) is 1. The summed E-state index contributed by atoms with van der Waals surface area (Å²) in [5.74, 6) is -0.273. The second kappa shape index (κ2) is 15.0. The minimum Gasteiger partial charge on any atom is -0.394 e. The number of aromatic nitrogens is 2. The van der Waals surface area contributed by atoms with Crippen molar-refractivity contribution in [1.82, 2.24) is 9.97 Å². The van der Waals surface area contributed by atoms with Crippen LogP contribution in [0, 0.1) is 0 Å². The standard InChI is InChI=1S/C14H22ClFN4O2S.C3H8O2.C2H6/c1-2-7-23-14-19-12(15)11(17)13(20-14)18-8-3-4-9(10(8)16)22-6-5-21;1-3(2,4)5;1-2/h8-10,21H,2-7,17H2,1H3,(H,18,19,20);4-5H,1-2H3;1-2H3/t8-,9+,10-;;/m0../s1. The van der Waals surface area contributed by atoms with Gasteiger partial charge in [0.05, 0.1) is 25.4 Å². The van der Waals surface area contributed by atoms with Crippen LogP contribution >= 0.6 is 23.4 Å². The highest BCUT2D eigenvalue weighted by Crippen LogP contribution is 2.32. The van der Waals surface area contributed by atoms with Gasteiger partial charge in [0.2, 0.25) is 0 Å². The van der Waals surface area contributed by atoms with E-state index in [1.54, 1.807) is 0 Å². The van der Waals surface area contributed by atoms with Gasteiger partial charge < -0.3 is 31.1 Å². The van der Waals surface area contributed by atoms with Crippen LogP contribution in [0.25, 0.3) is 0 Å². The van der Waals surface area contributed by atoms with Gasteiger partial charge in [-0.15, -0.1) is 0 Å². The zero-order valence-electron chi connectivity index (χ0n) is 18.4. The Kier molecular flexibility index (Phi) is 14.5. The molecule has 0 aromatic carbocycles. The van der Waals surface area contributed by atoms with Gasteiger partial charge in [-0.3, -0.25) is 0 Å². The first-order chi connectivity index (χ1) is 14.1. The van der Waals surface area contributed by atoms with Crippen molar-refractivity contribution in [2.24, 2.45) is 0 Å².